The molecule has 2 fully saturated rings. The summed E-state index contributed by atoms with van der Waals surface area (Å²) in [6.07, 6.45) is 1.91. The number of hydrogen-bond acceptors (Lipinski definition) is 6. The van der Waals surface area contributed by atoms with Gasteiger partial charge in [0.15, 0.2) is 0 Å². The Kier molecular flexibility index (Phi) is 6.27. The van der Waals surface area contributed by atoms with Gasteiger partial charge < -0.3 is 19.9 Å². The Morgan fingerprint density at radius 1 is 1.32 bits per heavy atom. The van der Waals surface area contributed by atoms with Crippen molar-refractivity contribution in [2.75, 3.05) is 13.1 Å². The lowest BCUT2D eigenvalue weighted by Gasteiger charge is -2.31. The number of carbonyl (C=O) groups excluding carboxylic acids is 1. The zero-order chi connectivity index (χ0) is 22.3. The molecule has 4 rings (SSSR count). The van der Waals surface area contributed by atoms with E-state index in [9.17, 15) is 4.79 Å². The van der Waals surface area contributed by atoms with Gasteiger partial charge in [-0.3, -0.25) is 15.1 Å². The number of amides is 1. The van der Waals surface area contributed by atoms with Crippen molar-refractivity contribution in [3.8, 4) is 0 Å². The molecule has 0 spiro atoms. The summed E-state index contributed by atoms with van der Waals surface area (Å²) in [7, 11) is -0.335. The number of hydrogen-bond donors (Lipinski definition) is 2. The van der Waals surface area contributed by atoms with Gasteiger partial charge in [-0.15, -0.1) is 0 Å². The van der Waals surface area contributed by atoms with E-state index in [0.29, 0.717) is 6.54 Å². The van der Waals surface area contributed by atoms with E-state index in [-0.39, 0.29) is 42.9 Å². The van der Waals surface area contributed by atoms with Crippen LogP contribution in [-0.4, -0.2) is 66.7 Å². The molecule has 31 heavy (non-hydrogen) atoms. The highest BCUT2D eigenvalue weighted by Gasteiger charge is 2.44. The normalized spacial score (nSPS) is 29.0. The molecule has 4 unspecified atom stereocenters. The summed E-state index contributed by atoms with van der Waals surface area (Å²) in [5.41, 5.74) is 8.96. The molecular weight excluding hydrogens is 391 g/mol. The second-order valence-corrected chi connectivity index (χ2v) is 9.87. The van der Waals surface area contributed by atoms with Gasteiger partial charge in [-0.25, -0.2) is 0 Å². The predicted octanol–water partition coefficient (Wildman–Crippen LogP) is 1.29. The first kappa shape index (κ1) is 22.5. The molecule has 3 N–H and O–H groups in total. The third-order valence-electron chi connectivity index (χ3n) is 6.96. The Morgan fingerprint density at radius 2 is 2.03 bits per heavy atom. The number of nitrogens with two attached hydrogens (primary N) is 1. The maximum absolute atomic E-state index is 12.8. The molecule has 1 amide bonds. The van der Waals surface area contributed by atoms with Crippen LogP contribution in [0.3, 0.4) is 0 Å². The molecular formula is C23H35BN4O3. The lowest BCUT2D eigenvalue weighted by atomic mass is 9.79. The van der Waals surface area contributed by atoms with Crippen molar-refractivity contribution >= 4 is 24.2 Å². The van der Waals surface area contributed by atoms with Crippen molar-refractivity contribution in [1.29, 1.82) is 0 Å². The fourth-order valence-electron chi connectivity index (χ4n) is 4.46. The van der Waals surface area contributed by atoms with Crippen molar-refractivity contribution in [1.82, 2.24) is 10.2 Å². The Labute approximate surface area is 185 Å². The van der Waals surface area contributed by atoms with Crippen LogP contribution in [0, 0.1) is 5.92 Å². The van der Waals surface area contributed by atoms with Gasteiger partial charge in [0.05, 0.1) is 29.5 Å². The SMILES string of the molecule is CC(C)C(N)C(=O)N1CCCC1C1N=C(c2ccc(B3OC(C)C(C)(C)O3)cc2)CN1. The van der Waals surface area contributed by atoms with Gasteiger partial charge in [0.1, 0.15) is 6.17 Å². The van der Waals surface area contributed by atoms with Crippen LogP contribution in [0.5, 0.6) is 0 Å². The summed E-state index contributed by atoms with van der Waals surface area (Å²) in [6, 6.07) is 7.87. The van der Waals surface area contributed by atoms with Crippen molar-refractivity contribution in [2.45, 2.75) is 77.4 Å². The van der Waals surface area contributed by atoms with Gasteiger partial charge in [-0.2, -0.15) is 0 Å². The number of nitrogens with zero attached hydrogens (tertiary/aromatic N) is 2. The van der Waals surface area contributed by atoms with E-state index >= 15 is 0 Å². The molecule has 168 valence electrons. The van der Waals surface area contributed by atoms with Crippen molar-refractivity contribution in [3.63, 3.8) is 0 Å². The van der Waals surface area contributed by atoms with Crippen molar-refractivity contribution < 1.29 is 14.1 Å². The molecule has 3 heterocycles. The smallest absolute Gasteiger partial charge is 0.402 e. The quantitative estimate of drug-likeness (QED) is 0.693. The van der Waals surface area contributed by atoms with Gasteiger partial charge in [-0.1, -0.05) is 38.1 Å². The van der Waals surface area contributed by atoms with Crippen LogP contribution in [0.25, 0.3) is 0 Å². The molecule has 1 aromatic carbocycles. The first-order valence-corrected chi connectivity index (χ1v) is 11.5. The lowest BCUT2D eigenvalue weighted by Crippen LogP contribution is -2.53. The third-order valence-corrected chi connectivity index (χ3v) is 6.96. The highest BCUT2D eigenvalue weighted by Crippen LogP contribution is 2.27. The zero-order valence-electron chi connectivity index (χ0n) is 19.3. The largest absolute Gasteiger partial charge is 0.494 e. The molecule has 3 aliphatic rings. The van der Waals surface area contributed by atoms with Crippen LogP contribution < -0.4 is 16.5 Å². The maximum atomic E-state index is 12.8. The molecule has 7 nitrogen and oxygen atoms in total. The fraction of sp³-hybridized carbons (Fsp3) is 0.652. The summed E-state index contributed by atoms with van der Waals surface area (Å²) in [6.45, 7) is 11.6. The highest BCUT2D eigenvalue weighted by atomic mass is 16.7. The van der Waals surface area contributed by atoms with Crippen LogP contribution in [0.15, 0.2) is 29.3 Å². The number of nitrogens with one attached hydrogen (secondary N) is 1. The third kappa shape index (κ3) is 4.44. The topological polar surface area (TPSA) is 89.2 Å². The van der Waals surface area contributed by atoms with Crippen LogP contribution in [0.1, 0.15) is 53.0 Å². The molecule has 0 aromatic heterocycles. The van der Waals surface area contributed by atoms with E-state index in [1.165, 1.54) is 0 Å². The summed E-state index contributed by atoms with van der Waals surface area (Å²) in [4.78, 5) is 19.7. The van der Waals surface area contributed by atoms with E-state index in [2.05, 4.69) is 43.4 Å². The minimum atomic E-state index is -0.453. The number of likely N-dealkylation sites (tertiary alicyclic amines) is 1. The Balaban J connectivity index is 1.44. The Morgan fingerprint density at radius 3 is 2.65 bits per heavy atom. The second kappa shape index (κ2) is 8.66. The number of aliphatic imine (C=N–C) groups is 1. The van der Waals surface area contributed by atoms with Gasteiger partial charge in [0.25, 0.3) is 0 Å². The minimum Gasteiger partial charge on any atom is -0.402 e. The van der Waals surface area contributed by atoms with E-state index in [1.54, 1.807) is 0 Å². The Bertz CT molecular complexity index is 842. The van der Waals surface area contributed by atoms with Crippen LogP contribution in [0.2, 0.25) is 0 Å². The molecule has 0 aliphatic carbocycles. The van der Waals surface area contributed by atoms with Crippen molar-refractivity contribution in [3.05, 3.63) is 29.8 Å². The first-order valence-electron chi connectivity index (χ1n) is 11.5. The molecule has 0 saturated carbocycles. The standard InChI is InChI=1S/C23H35BN4O3/c1-14(2)20(25)22(29)28-12-6-7-19(28)21-26-13-18(27-21)16-8-10-17(11-9-16)24-30-15(3)23(4,5)31-24/h8-11,14-15,19-21,26H,6-7,12-13,25H2,1-5H3. The fourth-order valence-corrected chi connectivity index (χ4v) is 4.46. The monoisotopic (exact) mass is 426 g/mol. The van der Waals surface area contributed by atoms with Gasteiger partial charge >= 0.3 is 7.12 Å². The molecule has 1 aromatic rings. The summed E-state index contributed by atoms with van der Waals surface area (Å²) < 4.78 is 12.0. The predicted molar refractivity (Wildman–Crippen MR) is 123 cm³/mol. The highest BCUT2D eigenvalue weighted by molar-refractivity contribution is 6.62. The number of benzene rings is 1. The lowest BCUT2D eigenvalue weighted by molar-refractivity contribution is -0.134. The average molecular weight is 426 g/mol. The van der Waals surface area contributed by atoms with Crippen LogP contribution in [0.4, 0.5) is 0 Å². The van der Waals surface area contributed by atoms with E-state index in [1.807, 2.05) is 25.7 Å². The second-order valence-electron chi connectivity index (χ2n) is 9.87. The Hall–Kier alpha value is -1.74. The zero-order valence-corrected chi connectivity index (χ0v) is 19.3. The number of rotatable bonds is 5. The molecule has 2 saturated heterocycles. The maximum Gasteiger partial charge on any atom is 0.494 e. The molecule has 4 atom stereocenters. The van der Waals surface area contributed by atoms with E-state index < -0.39 is 6.04 Å². The first-order chi connectivity index (χ1) is 14.7. The van der Waals surface area contributed by atoms with Crippen LogP contribution in [-0.2, 0) is 14.1 Å². The van der Waals surface area contributed by atoms with Gasteiger partial charge in [-0.05, 0) is 50.6 Å². The molecule has 8 heteroatoms. The summed E-state index contributed by atoms with van der Waals surface area (Å²) in [5.74, 6) is 0.172. The van der Waals surface area contributed by atoms with E-state index in [0.717, 1.165) is 36.1 Å². The summed E-state index contributed by atoms with van der Waals surface area (Å²) in [5, 5.41) is 3.50. The molecule has 0 radical (unpaired) electrons. The molecule has 0 bridgehead atoms. The average Bonchev–Trinajstić information content (AvgIpc) is 3.46. The summed E-state index contributed by atoms with van der Waals surface area (Å²) >= 11 is 0. The number of carbonyl (C=O) groups is 1. The molecule has 3 aliphatic heterocycles. The van der Waals surface area contributed by atoms with E-state index in [4.69, 9.17) is 20.0 Å². The minimum absolute atomic E-state index is 0.0426. The van der Waals surface area contributed by atoms with Crippen molar-refractivity contribution in [2.24, 2.45) is 16.6 Å². The van der Waals surface area contributed by atoms with Gasteiger partial charge in [0, 0.05) is 13.1 Å². The van der Waals surface area contributed by atoms with Crippen LogP contribution >= 0.6 is 0 Å². The van der Waals surface area contributed by atoms with Gasteiger partial charge in [0.2, 0.25) is 5.91 Å².